The average molecular weight is 288 g/mol. The summed E-state index contributed by atoms with van der Waals surface area (Å²) in [6.45, 7) is 2.77. The summed E-state index contributed by atoms with van der Waals surface area (Å²) in [6.07, 6.45) is 0.991. The quantitative estimate of drug-likeness (QED) is 0.874. The van der Waals surface area contributed by atoms with Crippen LogP contribution in [-0.2, 0) is 0 Å². The van der Waals surface area contributed by atoms with Gasteiger partial charge < -0.3 is 5.32 Å². The molecule has 0 fully saturated rings. The van der Waals surface area contributed by atoms with Crippen molar-refractivity contribution in [3.8, 4) is 0 Å². The lowest BCUT2D eigenvalue weighted by atomic mass is 9.96. The van der Waals surface area contributed by atoms with E-state index in [1.807, 2.05) is 18.2 Å². The number of halogens is 1. The molecule has 2 aromatic carbocycles. The summed E-state index contributed by atoms with van der Waals surface area (Å²) < 4.78 is 0. The van der Waals surface area contributed by atoms with Gasteiger partial charge >= 0.3 is 0 Å². The fourth-order valence-electron chi connectivity index (χ4n) is 2.14. The lowest BCUT2D eigenvalue weighted by Gasteiger charge is -2.16. The molecular formula is C17H18ClNO. The van der Waals surface area contributed by atoms with Crippen LogP contribution in [0.25, 0.3) is 0 Å². The highest BCUT2D eigenvalue weighted by atomic mass is 35.5. The normalized spacial score (nSPS) is 11.9. The first kappa shape index (κ1) is 14.6. The van der Waals surface area contributed by atoms with Crippen LogP contribution < -0.4 is 5.32 Å². The van der Waals surface area contributed by atoms with Gasteiger partial charge in [-0.3, -0.25) is 4.79 Å². The first-order valence-electron chi connectivity index (χ1n) is 6.79. The minimum atomic E-state index is -0.0592. The Morgan fingerprint density at radius 3 is 2.35 bits per heavy atom. The highest BCUT2D eigenvalue weighted by Crippen LogP contribution is 2.18. The molecule has 2 aromatic rings. The average Bonchev–Trinajstić information content (AvgIpc) is 2.49. The van der Waals surface area contributed by atoms with Gasteiger partial charge in [0, 0.05) is 23.0 Å². The minimum Gasteiger partial charge on any atom is -0.351 e. The SMILES string of the molecule is CCC(CNC(=O)c1ccc(Cl)cc1)c1ccccc1. The van der Waals surface area contributed by atoms with Gasteiger partial charge in [0.25, 0.3) is 5.91 Å². The Morgan fingerprint density at radius 2 is 1.75 bits per heavy atom. The Hall–Kier alpha value is -1.80. The molecule has 0 saturated carbocycles. The van der Waals surface area contributed by atoms with E-state index >= 15 is 0 Å². The molecule has 1 N–H and O–H groups in total. The van der Waals surface area contributed by atoms with Crippen molar-refractivity contribution in [2.24, 2.45) is 0 Å². The van der Waals surface area contributed by atoms with Crippen molar-refractivity contribution in [2.75, 3.05) is 6.54 Å². The molecule has 0 spiro atoms. The standard InChI is InChI=1S/C17H18ClNO/c1-2-13(14-6-4-3-5-7-14)12-19-17(20)15-8-10-16(18)11-9-15/h3-11,13H,2,12H2,1H3,(H,19,20). The molecule has 0 aromatic heterocycles. The van der Waals surface area contributed by atoms with Crippen LogP contribution in [0.2, 0.25) is 5.02 Å². The second-order valence-corrected chi connectivity index (χ2v) is 5.17. The molecule has 0 heterocycles. The molecule has 1 amide bonds. The number of nitrogens with one attached hydrogen (secondary N) is 1. The number of amides is 1. The van der Waals surface area contributed by atoms with Gasteiger partial charge in [0.05, 0.1) is 0 Å². The van der Waals surface area contributed by atoms with Gasteiger partial charge in [-0.15, -0.1) is 0 Å². The topological polar surface area (TPSA) is 29.1 Å². The molecule has 104 valence electrons. The van der Waals surface area contributed by atoms with E-state index in [1.54, 1.807) is 24.3 Å². The summed E-state index contributed by atoms with van der Waals surface area (Å²) >= 11 is 5.81. The van der Waals surface area contributed by atoms with Crippen LogP contribution in [0.1, 0.15) is 35.2 Å². The van der Waals surface area contributed by atoms with Gasteiger partial charge in [-0.2, -0.15) is 0 Å². The minimum absolute atomic E-state index is 0.0592. The Morgan fingerprint density at radius 1 is 1.10 bits per heavy atom. The number of carbonyl (C=O) groups excluding carboxylic acids is 1. The summed E-state index contributed by atoms with van der Waals surface area (Å²) in [6, 6.07) is 17.2. The second kappa shape index (κ2) is 7.11. The van der Waals surface area contributed by atoms with Crippen LogP contribution in [0, 0.1) is 0 Å². The van der Waals surface area contributed by atoms with Crippen LogP contribution >= 0.6 is 11.6 Å². The van der Waals surface area contributed by atoms with E-state index < -0.39 is 0 Å². The maximum atomic E-state index is 12.1. The predicted molar refractivity (Wildman–Crippen MR) is 83.3 cm³/mol. The van der Waals surface area contributed by atoms with Gasteiger partial charge in [0.1, 0.15) is 0 Å². The maximum Gasteiger partial charge on any atom is 0.251 e. The van der Waals surface area contributed by atoms with Crippen molar-refractivity contribution < 1.29 is 4.79 Å². The summed E-state index contributed by atoms with van der Waals surface area (Å²) in [7, 11) is 0. The Labute approximate surface area is 124 Å². The highest BCUT2D eigenvalue weighted by Gasteiger charge is 2.11. The molecule has 1 unspecified atom stereocenters. The molecule has 0 radical (unpaired) electrons. The first-order chi connectivity index (χ1) is 9.70. The van der Waals surface area contributed by atoms with Crippen molar-refractivity contribution >= 4 is 17.5 Å². The Balaban J connectivity index is 1.96. The second-order valence-electron chi connectivity index (χ2n) is 4.73. The maximum absolute atomic E-state index is 12.1. The summed E-state index contributed by atoms with van der Waals surface area (Å²) in [5, 5.41) is 3.62. The molecule has 0 bridgehead atoms. The van der Waals surface area contributed by atoms with E-state index in [2.05, 4.69) is 24.4 Å². The Kier molecular flexibility index (Phi) is 5.19. The highest BCUT2D eigenvalue weighted by molar-refractivity contribution is 6.30. The van der Waals surface area contributed by atoms with Crippen LogP contribution in [0.4, 0.5) is 0 Å². The zero-order valence-electron chi connectivity index (χ0n) is 11.5. The molecule has 20 heavy (non-hydrogen) atoms. The third-order valence-electron chi connectivity index (χ3n) is 3.38. The van der Waals surface area contributed by atoms with Crippen LogP contribution in [0.5, 0.6) is 0 Å². The van der Waals surface area contributed by atoms with E-state index in [1.165, 1.54) is 5.56 Å². The van der Waals surface area contributed by atoms with E-state index in [9.17, 15) is 4.79 Å². The monoisotopic (exact) mass is 287 g/mol. The van der Waals surface area contributed by atoms with E-state index in [-0.39, 0.29) is 5.91 Å². The Bertz CT molecular complexity index is 551. The summed E-state index contributed by atoms with van der Waals surface area (Å²) in [5.74, 6) is 0.281. The van der Waals surface area contributed by atoms with E-state index in [0.29, 0.717) is 23.0 Å². The molecule has 2 rings (SSSR count). The molecule has 0 aliphatic carbocycles. The van der Waals surface area contributed by atoms with Gasteiger partial charge in [0.2, 0.25) is 0 Å². The number of carbonyl (C=O) groups is 1. The molecular weight excluding hydrogens is 270 g/mol. The fourth-order valence-corrected chi connectivity index (χ4v) is 2.27. The zero-order valence-corrected chi connectivity index (χ0v) is 12.2. The number of rotatable bonds is 5. The molecule has 0 saturated heterocycles. The van der Waals surface area contributed by atoms with E-state index in [4.69, 9.17) is 11.6 Å². The third-order valence-corrected chi connectivity index (χ3v) is 3.63. The van der Waals surface area contributed by atoms with Crippen molar-refractivity contribution in [1.82, 2.24) is 5.32 Å². The molecule has 0 aliphatic heterocycles. The predicted octanol–water partition coefficient (Wildman–Crippen LogP) is 4.26. The van der Waals surface area contributed by atoms with Crippen LogP contribution in [0.15, 0.2) is 54.6 Å². The van der Waals surface area contributed by atoms with Gasteiger partial charge in [-0.1, -0.05) is 48.9 Å². The lowest BCUT2D eigenvalue weighted by Crippen LogP contribution is -2.28. The van der Waals surface area contributed by atoms with Crippen molar-refractivity contribution in [1.29, 1.82) is 0 Å². The first-order valence-corrected chi connectivity index (χ1v) is 7.17. The molecule has 1 atom stereocenters. The number of benzene rings is 2. The van der Waals surface area contributed by atoms with Gasteiger partial charge in [-0.05, 0) is 36.2 Å². The number of hydrogen-bond acceptors (Lipinski definition) is 1. The largest absolute Gasteiger partial charge is 0.351 e. The van der Waals surface area contributed by atoms with Gasteiger partial charge in [0.15, 0.2) is 0 Å². The number of hydrogen-bond donors (Lipinski definition) is 1. The third kappa shape index (κ3) is 3.84. The van der Waals surface area contributed by atoms with Crippen molar-refractivity contribution in [2.45, 2.75) is 19.3 Å². The van der Waals surface area contributed by atoms with Crippen molar-refractivity contribution in [3.05, 3.63) is 70.7 Å². The molecule has 2 nitrogen and oxygen atoms in total. The van der Waals surface area contributed by atoms with Crippen LogP contribution in [-0.4, -0.2) is 12.5 Å². The molecule has 0 aliphatic rings. The van der Waals surface area contributed by atoms with Crippen molar-refractivity contribution in [3.63, 3.8) is 0 Å². The smallest absolute Gasteiger partial charge is 0.251 e. The lowest BCUT2D eigenvalue weighted by molar-refractivity contribution is 0.0951. The zero-order chi connectivity index (χ0) is 14.4. The fraction of sp³-hybridized carbons (Fsp3) is 0.235. The summed E-state index contributed by atoms with van der Waals surface area (Å²) in [4.78, 5) is 12.1. The molecule has 3 heteroatoms. The summed E-state index contributed by atoms with van der Waals surface area (Å²) in [5.41, 5.74) is 1.89. The van der Waals surface area contributed by atoms with Crippen LogP contribution in [0.3, 0.4) is 0 Å². The van der Waals surface area contributed by atoms with E-state index in [0.717, 1.165) is 6.42 Å². The van der Waals surface area contributed by atoms with Gasteiger partial charge in [-0.25, -0.2) is 0 Å².